The van der Waals surface area contributed by atoms with Crippen molar-refractivity contribution in [3.05, 3.63) is 36.2 Å². The Balaban J connectivity index is 1.79. The number of ether oxygens (including phenoxy) is 3. The van der Waals surface area contributed by atoms with E-state index in [4.69, 9.17) is 19.9 Å². The Morgan fingerprint density at radius 2 is 1.94 bits per heavy atom. The van der Waals surface area contributed by atoms with Crippen molar-refractivity contribution in [3.63, 3.8) is 0 Å². The van der Waals surface area contributed by atoms with E-state index in [0.29, 0.717) is 23.8 Å². The van der Waals surface area contributed by atoms with Crippen LogP contribution in [0.15, 0.2) is 30.6 Å². The Bertz CT molecular complexity index is 557. The van der Waals surface area contributed by atoms with Crippen molar-refractivity contribution in [1.82, 2.24) is 9.97 Å². The Morgan fingerprint density at radius 1 is 1.17 bits per heavy atom. The third-order valence-electron chi connectivity index (χ3n) is 2.47. The topological polar surface area (TPSA) is 79.5 Å². The summed E-state index contributed by atoms with van der Waals surface area (Å²) in [6, 6.07) is 5.56. The van der Waals surface area contributed by atoms with E-state index >= 15 is 0 Å². The van der Waals surface area contributed by atoms with Crippen LogP contribution in [-0.4, -0.2) is 16.8 Å². The molecule has 92 valence electrons. The highest BCUT2D eigenvalue weighted by Crippen LogP contribution is 2.35. The highest BCUT2D eigenvalue weighted by atomic mass is 16.7. The fourth-order valence-corrected chi connectivity index (χ4v) is 1.55. The summed E-state index contributed by atoms with van der Waals surface area (Å²) in [7, 11) is 0. The van der Waals surface area contributed by atoms with E-state index in [-0.39, 0.29) is 12.8 Å². The zero-order chi connectivity index (χ0) is 12.4. The van der Waals surface area contributed by atoms with Crippen LogP contribution in [0.3, 0.4) is 0 Å². The molecule has 0 saturated carbocycles. The van der Waals surface area contributed by atoms with Gasteiger partial charge in [0.05, 0.1) is 0 Å². The van der Waals surface area contributed by atoms with Gasteiger partial charge < -0.3 is 19.9 Å². The SMILES string of the molecule is NCc1cnc(Oc2ccc3c(c2)OCO3)nc1. The van der Waals surface area contributed by atoms with Crippen molar-refractivity contribution >= 4 is 0 Å². The first-order chi connectivity index (χ1) is 8.85. The molecule has 6 nitrogen and oxygen atoms in total. The second-order valence-electron chi connectivity index (χ2n) is 3.70. The van der Waals surface area contributed by atoms with Crippen LogP contribution in [-0.2, 0) is 6.54 Å². The molecule has 2 N–H and O–H groups in total. The van der Waals surface area contributed by atoms with Gasteiger partial charge in [-0.15, -0.1) is 0 Å². The lowest BCUT2D eigenvalue weighted by Crippen LogP contribution is -1.99. The van der Waals surface area contributed by atoms with Gasteiger partial charge in [-0.1, -0.05) is 0 Å². The van der Waals surface area contributed by atoms with Gasteiger partial charge in [0.15, 0.2) is 11.5 Å². The lowest BCUT2D eigenvalue weighted by atomic mass is 10.3. The molecule has 0 atom stereocenters. The highest BCUT2D eigenvalue weighted by Gasteiger charge is 2.14. The molecule has 0 spiro atoms. The number of aromatic nitrogens is 2. The average molecular weight is 245 g/mol. The van der Waals surface area contributed by atoms with Crippen LogP contribution in [0.5, 0.6) is 23.3 Å². The van der Waals surface area contributed by atoms with Crippen LogP contribution >= 0.6 is 0 Å². The van der Waals surface area contributed by atoms with Gasteiger partial charge >= 0.3 is 6.01 Å². The second kappa shape index (κ2) is 4.50. The number of nitrogens with zero attached hydrogens (tertiary/aromatic N) is 2. The predicted molar refractivity (Wildman–Crippen MR) is 62.6 cm³/mol. The van der Waals surface area contributed by atoms with E-state index in [9.17, 15) is 0 Å². The molecule has 0 amide bonds. The summed E-state index contributed by atoms with van der Waals surface area (Å²) in [5, 5.41) is 0. The van der Waals surface area contributed by atoms with Crippen LogP contribution < -0.4 is 19.9 Å². The van der Waals surface area contributed by atoms with Crippen LogP contribution in [0.25, 0.3) is 0 Å². The highest BCUT2D eigenvalue weighted by molar-refractivity contribution is 5.47. The lowest BCUT2D eigenvalue weighted by Gasteiger charge is -2.04. The minimum Gasteiger partial charge on any atom is -0.454 e. The fraction of sp³-hybridized carbons (Fsp3) is 0.167. The van der Waals surface area contributed by atoms with Gasteiger partial charge in [-0.2, -0.15) is 0 Å². The predicted octanol–water partition coefficient (Wildman–Crippen LogP) is 1.46. The fourth-order valence-electron chi connectivity index (χ4n) is 1.55. The number of nitrogens with two attached hydrogens (primary N) is 1. The van der Waals surface area contributed by atoms with E-state index in [1.165, 1.54) is 0 Å². The molecular weight excluding hydrogens is 234 g/mol. The van der Waals surface area contributed by atoms with Crippen LogP contribution in [0.2, 0.25) is 0 Å². The maximum atomic E-state index is 5.50. The third kappa shape index (κ3) is 2.05. The summed E-state index contributed by atoms with van der Waals surface area (Å²) in [6.07, 6.45) is 3.27. The van der Waals surface area contributed by atoms with E-state index in [2.05, 4.69) is 9.97 Å². The van der Waals surface area contributed by atoms with Gasteiger partial charge in [-0.25, -0.2) is 9.97 Å². The Labute approximate surface area is 103 Å². The first-order valence-electron chi connectivity index (χ1n) is 5.43. The Morgan fingerprint density at radius 3 is 2.72 bits per heavy atom. The molecule has 0 unspecified atom stereocenters. The van der Waals surface area contributed by atoms with Crippen LogP contribution in [0, 0.1) is 0 Å². The Hall–Kier alpha value is -2.34. The average Bonchev–Trinajstić information content (AvgIpc) is 2.87. The molecule has 18 heavy (non-hydrogen) atoms. The first-order valence-corrected chi connectivity index (χ1v) is 5.43. The largest absolute Gasteiger partial charge is 0.454 e. The van der Waals surface area contributed by atoms with Crippen molar-refractivity contribution < 1.29 is 14.2 Å². The monoisotopic (exact) mass is 245 g/mol. The summed E-state index contributed by atoms with van der Waals surface area (Å²) in [5.41, 5.74) is 6.32. The third-order valence-corrected chi connectivity index (χ3v) is 2.47. The van der Waals surface area contributed by atoms with Gasteiger partial charge in [0, 0.05) is 30.6 Å². The standard InChI is InChI=1S/C12H11N3O3/c13-4-8-5-14-12(15-6-8)18-9-1-2-10-11(3-9)17-7-16-10/h1-3,5-6H,4,7,13H2. The van der Waals surface area contributed by atoms with Crippen LogP contribution in [0.1, 0.15) is 5.56 Å². The number of hydrogen-bond acceptors (Lipinski definition) is 6. The molecule has 3 rings (SSSR count). The molecule has 1 aromatic heterocycles. The maximum Gasteiger partial charge on any atom is 0.321 e. The lowest BCUT2D eigenvalue weighted by molar-refractivity contribution is 0.174. The van der Waals surface area contributed by atoms with Crippen molar-refractivity contribution in [1.29, 1.82) is 0 Å². The zero-order valence-corrected chi connectivity index (χ0v) is 9.50. The van der Waals surface area contributed by atoms with E-state index in [1.807, 2.05) is 0 Å². The minimum absolute atomic E-state index is 0.237. The number of benzene rings is 1. The summed E-state index contributed by atoms with van der Waals surface area (Å²) in [4.78, 5) is 8.11. The smallest absolute Gasteiger partial charge is 0.321 e. The Kier molecular flexibility index (Phi) is 2.70. The second-order valence-corrected chi connectivity index (χ2v) is 3.70. The molecule has 0 bridgehead atoms. The molecule has 1 aromatic carbocycles. The van der Waals surface area contributed by atoms with E-state index < -0.39 is 0 Å². The summed E-state index contributed by atoms with van der Waals surface area (Å²) in [5.74, 6) is 1.97. The molecule has 2 heterocycles. The number of hydrogen-bond donors (Lipinski definition) is 1. The number of rotatable bonds is 3. The summed E-state index contributed by atoms with van der Waals surface area (Å²) < 4.78 is 16.0. The quantitative estimate of drug-likeness (QED) is 0.881. The molecule has 2 aromatic rings. The minimum atomic E-state index is 0.237. The van der Waals surface area contributed by atoms with Crippen molar-refractivity contribution in [2.45, 2.75) is 6.54 Å². The molecule has 0 fully saturated rings. The number of fused-ring (bicyclic) bond motifs is 1. The normalized spacial score (nSPS) is 12.5. The van der Waals surface area contributed by atoms with Gasteiger partial charge in [0.25, 0.3) is 0 Å². The molecular formula is C12H11N3O3. The van der Waals surface area contributed by atoms with Crippen molar-refractivity contribution in [2.24, 2.45) is 5.73 Å². The van der Waals surface area contributed by atoms with E-state index in [0.717, 1.165) is 5.56 Å². The van der Waals surface area contributed by atoms with Gasteiger partial charge in [-0.05, 0) is 12.1 Å². The summed E-state index contributed by atoms with van der Waals surface area (Å²) >= 11 is 0. The molecule has 1 aliphatic heterocycles. The zero-order valence-electron chi connectivity index (χ0n) is 9.50. The van der Waals surface area contributed by atoms with E-state index in [1.54, 1.807) is 30.6 Å². The maximum absolute atomic E-state index is 5.50. The molecule has 0 aliphatic carbocycles. The van der Waals surface area contributed by atoms with Gasteiger partial charge in [-0.3, -0.25) is 0 Å². The first kappa shape index (κ1) is 10.8. The molecule has 0 saturated heterocycles. The van der Waals surface area contributed by atoms with Crippen molar-refractivity contribution in [2.75, 3.05) is 6.79 Å². The molecule has 0 radical (unpaired) electrons. The summed E-state index contributed by atoms with van der Waals surface area (Å²) in [6.45, 7) is 0.644. The van der Waals surface area contributed by atoms with Crippen LogP contribution in [0.4, 0.5) is 0 Å². The van der Waals surface area contributed by atoms with Gasteiger partial charge in [0.1, 0.15) is 5.75 Å². The van der Waals surface area contributed by atoms with Crippen molar-refractivity contribution in [3.8, 4) is 23.3 Å². The molecule has 6 heteroatoms. The molecule has 1 aliphatic rings. The van der Waals surface area contributed by atoms with Gasteiger partial charge in [0.2, 0.25) is 6.79 Å².